The molecule has 1 aromatic carbocycles. The fourth-order valence-electron chi connectivity index (χ4n) is 1.33. The predicted octanol–water partition coefficient (Wildman–Crippen LogP) is 4.90. The summed E-state index contributed by atoms with van der Waals surface area (Å²) in [5.41, 5.74) is 0. The largest absolute Gasteiger partial charge is 0.379 e. The van der Waals surface area contributed by atoms with Gasteiger partial charge in [-0.3, -0.25) is 0 Å². The van der Waals surface area contributed by atoms with Gasteiger partial charge in [-0.05, 0) is 75.9 Å². The van der Waals surface area contributed by atoms with Crippen LogP contribution in [0.25, 0.3) is 0 Å². The van der Waals surface area contributed by atoms with Crippen LogP contribution in [0, 0.1) is 0 Å². The molecule has 1 heterocycles. The Morgan fingerprint density at radius 2 is 1.40 bits per heavy atom. The van der Waals surface area contributed by atoms with Gasteiger partial charge in [0.05, 0.1) is 8.95 Å². The third kappa shape index (κ3) is 3.44. The SMILES string of the molecule is O=S(=O)(Oc1ccccc1)c1c(Br)c(Br)nc(Br)c1Br. The summed E-state index contributed by atoms with van der Waals surface area (Å²) in [4.78, 5) is 4.03. The van der Waals surface area contributed by atoms with Crippen molar-refractivity contribution in [3.8, 4) is 5.75 Å². The van der Waals surface area contributed by atoms with E-state index in [1.165, 1.54) is 0 Å². The highest BCUT2D eigenvalue weighted by molar-refractivity contribution is 9.13. The highest BCUT2D eigenvalue weighted by Crippen LogP contribution is 2.39. The van der Waals surface area contributed by atoms with Crippen molar-refractivity contribution in [2.45, 2.75) is 4.90 Å². The lowest BCUT2D eigenvalue weighted by Gasteiger charge is -2.12. The molecule has 0 spiro atoms. The van der Waals surface area contributed by atoms with E-state index in [1.807, 2.05) is 0 Å². The summed E-state index contributed by atoms with van der Waals surface area (Å²) in [6.07, 6.45) is 0. The lowest BCUT2D eigenvalue weighted by Crippen LogP contribution is -2.12. The molecule has 20 heavy (non-hydrogen) atoms. The number of rotatable bonds is 3. The van der Waals surface area contributed by atoms with Crippen molar-refractivity contribution in [1.29, 1.82) is 0 Å². The standard InChI is InChI=1S/C11H5Br4NO3S/c12-7-9(8(13)11(15)16-10(7)14)20(17,18)19-6-4-2-1-3-5-6/h1-5H. The third-order valence-corrected chi connectivity index (χ3v) is 7.76. The molecule has 0 saturated carbocycles. The molecule has 0 fully saturated rings. The molecule has 0 unspecified atom stereocenters. The van der Waals surface area contributed by atoms with Gasteiger partial charge in [-0.2, -0.15) is 8.42 Å². The van der Waals surface area contributed by atoms with Gasteiger partial charge >= 0.3 is 10.1 Å². The molecule has 0 aliphatic heterocycles. The van der Waals surface area contributed by atoms with Crippen LogP contribution < -0.4 is 4.18 Å². The van der Waals surface area contributed by atoms with Crippen LogP contribution in [0.5, 0.6) is 5.75 Å². The monoisotopic (exact) mass is 547 g/mol. The normalized spacial score (nSPS) is 11.4. The van der Waals surface area contributed by atoms with E-state index in [9.17, 15) is 8.42 Å². The van der Waals surface area contributed by atoms with Gasteiger partial charge in [0.15, 0.2) is 0 Å². The Morgan fingerprint density at radius 1 is 0.900 bits per heavy atom. The fourth-order valence-corrected chi connectivity index (χ4v) is 5.69. The van der Waals surface area contributed by atoms with E-state index < -0.39 is 10.1 Å². The van der Waals surface area contributed by atoms with Gasteiger partial charge in [0.1, 0.15) is 19.9 Å². The topological polar surface area (TPSA) is 56.3 Å². The molecular formula is C11H5Br4NO3S. The summed E-state index contributed by atoms with van der Waals surface area (Å²) in [5, 5.41) is 0. The molecule has 0 atom stereocenters. The van der Waals surface area contributed by atoms with Crippen molar-refractivity contribution in [3.63, 3.8) is 0 Å². The van der Waals surface area contributed by atoms with Gasteiger partial charge in [-0.25, -0.2) is 4.98 Å². The van der Waals surface area contributed by atoms with Crippen molar-refractivity contribution in [2.75, 3.05) is 0 Å². The Kier molecular flexibility index (Phi) is 5.28. The summed E-state index contributed by atoms with van der Waals surface area (Å²) in [6, 6.07) is 8.26. The minimum atomic E-state index is -4.01. The number of benzene rings is 1. The summed E-state index contributed by atoms with van der Waals surface area (Å²) >= 11 is 12.8. The lowest BCUT2D eigenvalue weighted by molar-refractivity contribution is 0.484. The second-order valence-corrected chi connectivity index (χ2v) is 8.07. The maximum absolute atomic E-state index is 12.4. The van der Waals surface area contributed by atoms with Gasteiger partial charge in [-0.15, -0.1) is 0 Å². The first-order chi connectivity index (χ1) is 9.33. The summed E-state index contributed by atoms with van der Waals surface area (Å²) in [7, 11) is -4.01. The number of hydrogen-bond donors (Lipinski definition) is 0. The number of hydrogen-bond acceptors (Lipinski definition) is 4. The summed E-state index contributed by atoms with van der Waals surface area (Å²) in [5.74, 6) is 0.232. The minimum Gasteiger partial charge on any atom is -0.379 e. The Balaban J connectivity index is 2.56. The highest BCUT2D eigenvalue weighted by Gasteiger charge is 2.27. The average Bonchev–Trinajstić information content (AvgIpc) is 2.37. The number of halogens is 4. The quantitative estimate of drug-likeness (QED) is 0.403. The molecule has 1 aromatic heterocycles. The second kappa shape index (κ2) is 6.43. The predicted molar refractivity (Wildman–Crippen MR) is 89.3 cm³/mol. The van der Waals surface area contributed by atoms with Crippen LogP contribution >= 0.6 is 63.7 Å². The molecule has 0 N–H and O–H groups in total. The lowest BCUT2D eigenvalue weighted by atomic mass is 10.3. The molecule has 0 radical (unpaired) electrons. The zero-order chi connectivity index (χ0) is 14.9. The number of nitrogens with zero attached hydrogens (tertiary/aromatic N) is 1. The molecule has 106 valence electrons. The van der Waals surface area contributed by atoms with E-state index in [2.05, 4.69) is 68.7 Å². The van der Waals surface area contributed by atoms with Crippen LogP contribution in [0.1, 0.15) is 0 Å². The fraction of sp³-hybridized carbons (Fsp3) is 0. The van der Waals surface area contributed by atoms with Crippen LogP contribution in [0.2, 0.25) is 0 Å². The molecule has 0 aliphatic carbocycles. The Morgan fingerprint density at radius 3 is 1.90 bits per heavy atom. The molecule has 0 saturated heterocycles. The first-order valence-corrected chi connectivity index (χ1v) is 9.60. The molecule has 2 aromatic rings. The molecule has 0 bridgehead atoms. The van der Waals surface area contributed by atoms with Crippen LogP contribution in [-0.4, -0.2) is 13.4 Å². The van der Waals surface area contributed by atoms with Gasteiger partial charge < -0.3 is 4.18 Å². The van der Waals surface area contributed by atoms with Crippen LogP contribution in [-0.2, 0) is 10.1 Å². The van der Waals surface area contributed by atoms with Crippen molar-refractivity contribution in [1.82, 2.24) is 4.98 Å². The first kappa shape index (κ1) is 16.4. The molecule has 4 nitrogen and oxygen atoms in total. The van der Waals surface area contributed by atoms with Gasteiger partial charge in [0, 0.05) is 0 Å². The first-order valence-electron chi connectivity index (χ1n) is 5.02. The maximum Gasteiger partial charge on any atom is 0.341 e. The zero-order valence-corrected chi connectivity index (χ0v) is 16.6. The van der Waals surface area contributed by atoms with Crippen LogP contribution in [0.4, 0.5) is 0 Å². The highest BCUT2D eigenvalue weighted by atomic mass is 79.9. The van der Waals surface area contributed by atoms with E-state index in [0.717, 1.165) is 0 Å². The van der Waals surface area contributed by atoms with Crippen molar-refractivity contribution < 1.29 is 12.6 Å². The van der Waals surface area contributed by atoms with Crippen LogP contribution in [0.15, 0.2) is 53.4 Å². The smallest absolute Gasteiger partial charge is 0.341 e. The minimum absolute atomic E-state index is 0.0462. The third-order valence-electron chi connectivity index (χ3n) is 2.16. The Bertz CT molecular complexity index is 724. The number of para-hydroxylation sites is 1. The zero-order valence-electron chi connectivity index (χ0n) is 9.48. The van der Waals surface area contributed by atoms with E-state index in [-0.39, 0.29) is 19.6 Å². The molecule has 0 aliphatic rings. The van der Waals surface area contributed by atoms with E-state index in [1.54, 1.807) is 30.3 Å². The molecule has 9 heteroatoms. The second-order valence-electron chi connectivity index (χ2n) is 3.50. The Labute approximate surface area is 149 Å². The van der Waals surface area contributed by atoms with Crippen molar-refractivity contribution in [2.24, 2.45) is 0 Å². The number of aromatic nitrogens is 1. The molecule has 2 rings (SSSR count). The molecule has 0 amide bonds. The van der Waals surface area contributed by atoms with Crippen molar-refractivity contribution >= 4 is 73.8 Å². The van der Waals surface area contributed by atoms with Crippen LogP contribution in [0.3, 0.4) is 0 Å². The summed E-state index contributed by atoms with van der Waals surface area (Å²) in [6.45, 7) is 0. The van der Waals surface area contributed by atoms with E-state index in [4.69, 9.17) is 4.18 Å². The number of pyridine rings is 1. The maximum atomic E-state index is 12.4. The van der Waals surface area contributed by atoms with Gasteiger partial charge in [-0.1, -0.05) is 18.2 Å². The van der Waals surface area contributed by atoms with E-state index in [0.29, 0.717) is 9.21 Å². The van der Waals surface area contributed by atoms with Crippen molar-refractivity contribution in [3.05, 3.63) is 48.5 Å². The Hall–Kier alpha value is 0.0400. The molecular weight excluding hydrogens is 546 g/mol. The summed E-state index contributed by atoms with van der Waals surface area (Å²) < 4.78 is 31.2. The van der Waals surface area contributed by atoms with E-state index >= 15 is 0 Å². The average molecular weight is 551 g/mol. The van der Waals surface area contributed by atoms with Gasteiger partial charge in [0.2, 0.25) is 0 Å². The van der Waals surface area contributed by atoms with Gasteiger partial charge in [0.25, 0.3) is 0 Å².